The fraction of sp³-hybridized carbons (Fsp3) is 0.200. The Morgan fingerprint density at radius 2 is 1.69 bits per heavy atom. The number of rotatable bonds is 6. The van der Waals surface area contributed by atoms with Crippen LogP contribution in [0.25, 0.3) is 16.7 Å². The number of nitrogens with zero attached hydrogens (tertiary/aromatic N) is 3. The lowest BCUT2D eigenvalue weighted by Crippen LogP contribution is -2.16. The van der Waals surface area contributed by atoms with Gasteiger partial charge in [0.05, 0.1) is 33.1 Å². The van der Waals surface area contributed by atoms with Gasteiger partial charge in [0, 0.05) is 0 Å². The number of hydrogen-bond donors (Lipinski definition) is 1. The van der Waals surface area contributed by atoms with E-state index in [1.807, 2.05) is 37.3 Å². The Bertz CT molecular complexity index is 1070. The van der Waals surface area contributed by atoms with Gasteiger partial charge in [-0.1, -0.05) is 12.1 Å². The number of nitrogens with one attached hydrogen (secondary N) is 1. The molecule has 0 aliphatic carbocycles. The molecule has 0 amide bonds. The van der Waals surface area contributed by atoms with E-state index in [-0.39, 0.29) is 5.70 Å². The van der Waals surface area contributed by atoms with Crippen LogP contribution in [0.3, 0.4) is 0 Å². The van der Waals surface area contributed by atoms with Crippen molar-refractivity contribution in [2.24, 2.45) is 0 Å². The number of ether oxygens (including phenoxy) is 3. The summed E-state index contributed by atoms with van der Waals surface area (Å²) in [5.74, 6) is -1.05. The Labute approximate surface area is 166 Å². The second-order valence-corrected chi connectivity index (χ2v) is 6.04. The molecule has 0 aliphatic heterocycles. The number of carbonyl (C=O) groups is 2. The van der Waals surface area contributed by atoms with E-state index in [2.05, 4.69) is 20.3 Å². The molecule has 9 nitrogen and oxygen atoms in total. The van der Waals surface area contributed by atoms with Crippen LogP contribution in [0.1, 0.15) is 5.56 Å². The summed E-state index contributed by atoms with van der Waals surface area (Å²) < 4.78 is 14.9. The summed E-state index contributed by atoms with van der Waals surface area (Å²) in [7, 11) is 3.92. The molecule has 0 saturated carbocycles. The van der Waals surface area contributed by atoms with Crippen LogP contribution in [-0.4, -0.2) is 48.3 Å². The van der Waals surface area contributed by atoms with Crippen molar-refractivity contribution in [1.29, 1.82) is 0 Å². The predicted molar refractivity (Wildman–Crippen MR) is 106 cm³/mol. The maximum atomic E-state index is 12.1. The van der Waals surface area contributed by atoms with E-state index in [1.165, 1.54) is 26.1 Å². The van der Waals surface area contributed by atoms with Crippen LogP contribution >= 0.6 is 0 Å². The van der Waals surface area contributed by atoms with Crippen LogP contribution in [0.15, 0.2) is 48.2 Å². The number of aromatic nitrogens is 3. The summed E-state index contributed by atoms with van der Waals surface area (Å²) in [6.07, 6.45) is 1.01. The monoisotopic (exact) mass is 396 g/mol. The highest BCUT2D eigenvalue weighted by atomic mass is 16.5. The van der Waals surface area contributed by atoms with Gasteiger partial charge in [-0.25, -0.2) is 9.59 Å². The minimum absolute atomic E-state index is 0.104. The first-order valence-electron chi connectivity index (χ1n) is 8.63. The lowest BCUT2D eigenvalue weighted by atomic mass is 10.1. The number of carbonyl (C=O) groups excluding carboxylic acids is 2. The molecule has 2 aromatic carbocycles. The smallest absolute Gasteiger partial charge is 0.354 e. The van der Waals surface area contributed by atoms with Gasteiger partial charge in [-0.05, 0) is 36.8 Å². The zero-order valence-electron chi connectivity index (χ0n) is 16.4. The number of hydrogen-bond acceptors (Lipinski definition) is 8. The van der Waals surface area contributed by atoms with E-state index in [1.54, 1.807) is 6.07 Å². The molecule has 0 saturated heterocycles. The molecule has 0 spiro atoms. The standard InChI is InChI=1S/C20H20N4O5/c1-12-9-15(21-16(20(26)29-4)11-18(25)27-2)19(28-3)17(10-12)24-22-13-7-5-6-8-14(13)23-24/h5-11,21H,1-4H3/b16-11+. The van der Waals surface area contributed by atoms with Crippen molar-refractivity contribution in [1.82, 2.24) is 15.0 Å². The first-order valence-corrected chi connectivity index (χ1v) is 8.63. The lowest BCUT2D eigenvalue weighted by molar-refractivity contribution is -0.138. The van der Waals surface area contributed by atoms with Gasteiger partial charge in [0.15, 0.2) is 5.75 Å². The second kappa shape index (κ2) is 8.42. The van der Waals surface area contributed by atoms with Crippen molar-refractivity contribution in [3.05, 3.63) is 53.7 Å². The van der Waals surface area contributed by atoms with Gasteiger partial charge in [-0.3, -0.25) is 0 Å². The van der Waals surface area contributed by atoms with E-state index < -0.39 is 11.9 Å². The van der Waals surface area contributed by atoms with E-state index in [0.29, 0.717) is 17.1 Å². The van der Waals surface area contributed by atoms with Crippen molar-refractivity contribution in [2.45, 2.75) is 6.92 Å². The Balaban J connectivity index is 2.11. The number of anilines is 1. The Morgan fingerprint density at radius 1 is 1.03 bits per heavy atom. The zero-order chi connectivity index (χ0) is 21.0. The van der Waals surface area contributed by atoms with E-state index in [9.17, 15) is 9.59 Å². The highest BCUT2D eigenvalue weighted by Crippen LogP contribution is 2.34. The lowest BCUT2D eigenvalue weighted by Gasteiger charge is -2.16. The molecule has 1 N–H and O–H groups in total. The maximum absolute atomic E-state index is 12.1. The van der Waals surface area contributed by atoms with Crippen LogP contribution in [0.4, 0.5) is 5.69 Å². The maximum Gasteiger partial charge on any atom is 0.354 e. The summed E-state index contributed by atoms with van der Waals surface area (Å²) in [6.45, 7) is 1.87. The minimum atomic E-state index is -0.733. The minimum Gasteiger partial charge on any atom is -0.492 e. The molecule has 0 fully saturated rings. The van der Waals surface area contributed by atoms with Crippen LogP contribution in [0, 0.1) is 6.92 Å². The quantitative estimate of drug-likeness (QED) is 0.500. The van der Waals surface area contributed by atoms with Crippen molar-refractivity contribution in [3.8, 4) is 11.4 Å². The van der Waals surface area contributed by atoms with Crippen molar-refractivity contribution in [3.63, 3.8) is 0 Å². The third-order valence-corrected chi connectivity index (χ3v) is 4.06. The normalized spacial score (nSPS) is 11.2. The molecule has 0 radical (unpaired) electrons. The molecule has 9 heteroatoms. The zero-order valence-corrected chi connectivity index (χ0v) is 16.4. The first-order chi connectivity index (χ1) is 14.0. The molecular formula is C20H20N4O5. The van der Waals surface area contributed by atoms with Crippen LogP contribution in [-0.2, 0) is 19.1 Å². The van der Waals surface area contributed by atoms with Crippen LogP contribution in [0.2, 0.25) is 0 Å². The molecule has 0 aliphatic rings. The van der Waals surface area contributed by atoms with E-state index in [0.717, 1.165) is 22.7 Å². The predicted octanol–water partition coefficient (Wildman–Crippen LogP) is 2.38. The largest absolute Gasteiger partial charge is 0.492 e. The van der Waals surface area contributed by atoms with Crippen molar-refractivity contribution < 1.29 is 23.8 Å². The number of aryl methyl sites for hydroxylation is 1. The molecule has 3 rings (SSSR count). The molecule has 0 bridgehead atoms. The third kappa shape index (κ3) is 4.18. The molecule has 0 atom stereocenters. The molecule has 29 heavy (non-hydrogen) atoms. The molecule has 3 aromatic rings. The fourth-order valence-corrected chi connectivity index (χ4v) is 2.76. The third-order valence-electron chi connectivity index (χ3n) is 4.06. The summed E-state index contributed by atoms with van der Waals surface area (Å²) in [4.78, 5) is 25.2. The summed E-state index contributed by atoms with van der Waals surface area (Å²) in [6, 6.07) is 11.1. The molecule has 1 heterocycles. The van der Waals surface area contributed by atoms with Crippen molar-refractivity contribution in [2.75, 3.05) is 26.6 Å². The molecule has 1 aromatic heterocycles. The average Bonchev–Trinajstić information content (AvgIpc) is 3.16. The number of methoxy groups -OCH3 is 3. The second-order valence-electron chi connectivity index (χ2n) is 6.04. The van der Waals surface area contributed by atoms with Gasteiger partial charge in [0.2, 0.25) is 0 Å². The Hall–Kier alpha value is -3.88. The average molecular weight is 396 g/mol. The summed E-state index contributed by atoms with van der Waals surface area (Å²) in [5.41, 5.74) is 3.20. The number of benzene rings is 2. The Kier molecular flexibility index (Phi) is 5.77. The highest BCUT2D eigenvalue weighted by Gasteiger charge is 2.19. The molecular weight excluding hydrogens is 376 g/mol. The van der Waals surface area contributed by atoms with Gasteiger partial charge < -0.3 is 19.5 Å². The first kappa shape index (κ1) is 19.9. The van der Waals surface area contributed by atoms with Gasteiger partial charge in [-0.2, -0.15) is 0 Å². The van der Waals surface area contributed by atoms with Gasteiger partial charge in [0.25, 0.3) is 0 Å². The van der Waals surface area contributed by atoms with Crippen LogP contribution in [0.5, 0.6) is 5.75 Å². The van der Waals surface area contributed by atoms with E-state index >= 15 is 0 Å². The Morgan fingerprint density at radius 3 is 2.24 bits per heavy atom. The SMILES string of the molecule is COC(=O)/C=C(/Nc1cc(C)cc(-n2nc3ccccc3n2)c1OC)C(=O)OC. The van der Waals surface area contributed by atoms with Gasteiger partial charge in [-0.15, -0.1) is 15.0 Å². The summed E-state index contributed by atoms with van der Waals surface area (Å²) in [5, 5.41) is 11.9. The van der Waals surface area contributed by atoms with Crippen LogP contribution < -0.4 is 10.1 Å². The topological polar surface area (TPSA) is 105 Å². The highest BCUT2D eigenvalue weighted by molar-refractivity contribution is 5.99. The number of fused-ring (bicyclic) bond motifs is 1. The molecule has 0 unspecified atom stereocenters. The summed E-state index contributed by atoms with van der Waals surface area (Å²) >= 11 is 0. The fourth-order valence-electron chi connectivity index (χ4n) is 2.76. The van der Waals surface area contributed by atoms with Gasteiger partial charge in [0.1, 0.15) is 22.4 Å². The van der Waals surface area contributed by atoms with Gasteiger partial charge >= 0.3 is 11.9 Å². The van der Waals surface area contributed by atoms with Crippen molar-refractivity contribution >= 4 is 28.7 Å². The number of esters is 2. The molecule has 150 valence electrons. The van der Waals surface area contributed by atoms with E-state index in [4.69, 9.17) is 9.47 Å².